The van der Waals surface area contributed by atoms with Crippen molar-refractivity contribution < 1.29 is 8.42 Å². The van der Waals surface area contributed by atoms with Gasteiger partial charge >= 0.3 is 0 Å². The number of thiophene rings is 1. The van der Waals surface area contributed by atoms with Gasteiger partial charge in [0.25, 0.3) is 0 Å². The Bertz CT molecular complexity index is 823. The highest BCUT2D eigenvalue weighted by molar-refractivity contribution is 8.72. The van der Waals surface area contributed by atoms with E-state index in [2.05, 4.69) is 0 Å². The molecule has 0 aliphatic heterocycles. The van der Waals surface area contributed by atoms with E-state index in [4.69, 9.17) is 0 Å². The van der Waals surface area contributed by atoms with E-state index in [1.54, 1.807) is 16.8 Å². The molecule has 0 radical (unpaired) electrons. The molecule has 3 aromatic rings. The normalized spacial score (nSPS) is 11.4. The molecule has 1 heterocycles. The number of hydrogen-bond acceptors (Lipinski definition) is 4. The Hall–Kier alpha value is -1.56. The van der Waals surface area contributed by atoms with Crippen LogP contribution < -0.4 is 0 Å². The van der Waals surface area contributed by atoms with Crippen molar-refractivity contribution in [2.24, 2.45) is 0 Å². The lowest BCUT2D eigenvalue weighted by Gasteiger charge is -2.09. The molecule has 0 saturated heterocycles. The van der Waals surface area contributed by atoms with Gasteiger partial charge in [0.2, 0.25) is 8.87 Å². The summed E-state index contributed by atoms with van der Waals surface area (Å²) in [4.78, 5) is 1.11. The lowest BCUT2D eigenvalue weighted by atomic mass is 10.1. The summed E-state index contributed by atoms with van der Waals surface area (Å²) in [6.07, 6.45) is 0. The molecular weight excluding hydrogens is 320 g/mol. The Labute approximate surface area is 131 Å². The Morgan fingerprint density at radius 1 is 0.857 bits per heavy atom. The number of benzene rings is 2. The van der Waals surface area contributed by atoms with Gasteiger partial charge in [-0.25, -0.2) is 8.42 Å². The Morgan fingerprint density at radius 3 is 2.29 bits per heavy atom. The Morgan fingerprint density at radius 2 is 1.57 bits per heavy atom. The first-order chi connectivity index (χ1) is 10.2. The molecule has 0 saturated carbocycles. The largest absolute Gasteiger partial charge is 0.235 e. The fourth-order valence-electron chi connectivity index (χ4n) is 1.96. The summed E-state index contributed by atoms with van der Waals surface area (Å²) in [7, 11) is -2.47. The first-order valence-corrected chi connectivity index (χ1v) is 10.0. The Balaban J connectivity index is 2.01. The summed E-state index contributed by atoms with van der Waals surface area (Å²) in [5.41, 5.74) is 1.95. The molecule has 2 aromatic carbocycles. The van der Waals surface area contributed by atoms with Crippen LogP contribution in [0.2, 0.25) is 0 Å². The van der Waals surface area contributed by atoms with Crippen LogP contribution in [-0.4, -0.2) is 8.42 Å². The molecule has 0 unspecified atom stereocenters. The first-order valence-electron chi connectivity index (χ1n) is 6.28. The SMILES string of the molecule is O=S(=O)(Sc1ccccc1-c1ccccc1)c1ccsc1. The van der Waals surface area contributed by atoms with Crippen molar-refractivity contribution in [3.05, 3.63) is 71.4 Å². The van der Waals surface area contributed by atoms with Gasteiger partial charge in [-0.3, -0.25) is 0 Å². The van der Waals surface area contributed by atoms with Crippen LogP contribution in [0.4, 0.5) is 0 Å². The van der Waals surface area contributed by atoms with E-state index in [1.165, 1.54) is 11.3 Å². The lowest BCUT2D eigenvalue weighted by Crippen LogP contribution is -1.93. The average molecular weight is 332 g/mol. The average Bonchev–Trinajstić information content (AvgIpc) is 3.03. The lowest BCUT2D eigenvalue weighted by molar-refractivity contribution is 0.611. The van der Waals surface area contributed by atoms with Gasteiger partial charge in [0.05, 0.1) is 4.90 Å². The summed E-state index contributed by atoms with van der Waals surface area (Å²) in [6, 6.07) is 19.0. The fourth-order valence-corrected chi connectivity index (χ4v) is 6.13. The van der Waals surface area contributed by atoms with Gasteiger partial charge < -0.3 is 0 Å². The third-order valence-corrected chi connectivity index (χ3v) is 7.15. The summed E-state index contributed by atoms with van der Waals surface area (Å²) in [6.45, 7) is 0. The molecule has 0 aliphatic rings. The predicted molar refractivity (Wildman–Crippen MR) is 89.2 cm³/mol. The maximum atomic E-state index is 12.4. The molecular formula is C16H12O2S3. The minimum atomic E-state index is -3.37. The quantitative estimate of drug-likeness (QED) is 0.638. The molecule has 0 aliphatic carbocycles. The molecule has 0 bridgehead atoms. The molecule has 21 heavy (non-hydrogen) atoms. The summed E-state index contributed by atoms with van der Waals surface area (Å²) < 4.78 is 24.8. The van der Waals surface area contributed by atoms with Crippen LogP contribution in [0, 0.1) is 0 Å². The van der Waals surface area contributed by atoms with Crippen molar-refractivity contribution in [3.8, 4) is 11.1 Å². The van der Waals surface area contributed by atoms with Gasteiger partial charge in [0.1, 0.15) is 0 Å². The van der Waals surface area contributed by atoms with E-state index in [-0.39, 0.29) is 0 Å². The monoisotopic (exact) mass is 332 g/mol. The van der Waals surface area contributed by atoms with Crippen LogP contribution in [0.3, 0.4) is 0 Å². The molecule has 0 fully saturated rings. The molecule has 2 nitrogen and oxygen atoms in total. The van der Waals surface area contributed by atoms with E-state index < -0.39 is 8.87 Å². The molecule has 3 rings (SSSR count). The van der Waals surface area contributed by atoms with Crippen molar-refractivity contribution in [1.82, 2.24) is 0 Å². The molecule has 0 spiro atoms. The van der Waals surface area contributed by atoms with Crippen LogP contribution in [0.5, 0.6) is 0 Å². The topological polar surface area (TPSA) is 34.1 Å². The van der Waals surface area contributed by atoms with Gasteiger partial charge in [-0.2, -0.15) is 11.3 Å². The summed E-state index contributed by atoms with van der Waals surface area (Å²) in [5, 5.41) is 3.43. The van der Waals surface area contributed by atoms with Crippen LogP contribution in [0.1, 0.15) is 0 Å². The third-order valence-electron chi connectivity index (χ3n) is 2.96. The molecule has 0 amide bonds. The third kappa shape index (κ3) is 3.20. The van der Waals surface area contributed by atoms with E-state index in [1.807, 2.05) is 54.6 Å². The smallest absolute Gasteiger partial charge is 0.212 e. The van der Waals surface area contributed by atoms with E-state index in [9.17, 15) is 8.42 Å². The van der Waals surface area contributed by atoms with Crippen molar-refractivity contribution in [2.45, 2.75) is 9.79 Å². The standard InChI is InChI=1S/C16H12O2S3/c17-21(18,14-10-11-19-12-14)20-16-9-5-4-8-15(16)13-6-2-1-3-7-13/h1-12H. The summed E-state index contributed by atoms with van der Waals surface area (Å²) in [5.74, 6) is 0. The van der Waals surface area contributed by atoms with Crippen LogP contribution in [-0.2, 0) is 8.87 Å². The van der Waals surface area contributed by atoms with Gasteiger partial charge in [0.15, 0.2) is 0 Å². The van der Waals surface area contributed by atoms with Gasteiger partial charge in [-0.1, -0.05) is 48.5 Å². The van der Waals surface area contributed by atoms with Crippen LogP contribution >= 0.6 is 22.1 Å². The van der Waals surface area contributed by atoms with Crippen molar-refractivity contribution in [3.63, 3.8) is 0 Å². The maximum Gasteiger partial charge on any atom is 0.235 e. The van der Waals surface area contributed by atoms with Crippen molar-refractivity contribution in [2.75, 3.05) is 0 Å². The van der Waals surface area contributed by atoms with Gasteiger partial charge in [-0.05, 0) is 28.6 Å². The predicted octanol–water partition coefficient (Wildman–Crippen LogP) is 4.90. The molecule has 0 atom stereocenters. The minimum absolute atomic E-state index is 0.361. The second-order valence-corrected chi connectivity index (χ2v) is 8.94. The van der Waals surface area contributed by atoms with Crippen LogP contribution in [0.25, 0.3) is 11.1 Å². The number of hydrogen-bond donors (Lipinski definition) is 0. The van der Waals surface area contributed by atoms with E-state index in [0.717, 1.165) is 26.8 Å². The first kappa shape index (κ1) is 14.4. The zero-order chi connectivity index (χ0) is 14.7. The highest BCUT2D eigenvalue weighted by Gasteiger charge is 2.19. The molecule has 106 valence electrons. The minimum Gasteiger partial charge on any atom is -0.212 e. The highest BCUT2D eigenvalue weighted by Crippen LogP contribution is 2.37. The molecule has 5 heteroatoms. The fraction of sp³-hybridized carbons (Fsp3) is 0. The molecule has 0 N–H and O–H groups in total. The van der Waals surface area contributed by atoms with Crippen molar-refractivity contribution in [1.29, 1.82) is 0 Å². The molecule has 1 aromatic heterocycles. The zero-order valence-corrected chi connectivity index (χ0v) is 13.4. The number of rotatable bonds is 4. The summed E-state index contributed by atoms with van der Waals surface area (Å²) >= 11 is 1.39. The van der Waals surface area contributed by atoms with Gasteiger partial charge in [-0.15, -0.1) is 0 Å². The van der Waals surface area contributed by atoms with Gasteiger partial charge in [0, 0.05) is 21.1 Å². The Kier molecular flexibility index (Phi) is 4.14. The second-order valence-electron chi connectivity index (χ2n) is 4.36. The second kappa shape index (κ2) is 6.05. The van der Waals surface area contributed by atoms with Crippen LogP contribution in [0.15, 0.2) is 81.2 Å². The highest BCUT2D eigenvalue weighted by atomic mass is 33.1. The zero-order valence-electron chi connectivity index (χ0n) is 11.0. The van der Waals surface area contributed by atoms with E-state index >= 15 is 0 Å². The van der Waals surface area contributed by atoms with Crippen molar-refractivity contribution >= 4 is 31.0 Å². The van der Waals surface area contributed by atoms with E-state index in [0.29, 0.717) is 4.90 Å². The maximum absolute atomic E-state index is 12.4.